The molecule has 0 saturated heterocycles. The molecule has 17 heavy (non-hydrogen) atoms. The molecule has 0 bridgehead atoms. The Morgan fingerprint density at radius 1 is 1.41 bits per heavy atom. The Labute approximate surface area is 111 Å². The summed E-state index contributed by atoms with van der Waals surface area (Å²) in [6.45, 7) is 11.0. The number of carbonyl (C=O) groups excluding carboxylic acids is 1. The molecule has 1 aromatic rings. The summed E-state index contributed by atoms with van der Waals surface area (Å²) in [6, 6.07) is 5.76. The fourth-order valence-electron chi connectivity index (χ4n) is 1.70. The summed E-state index contributed by atoms with van der Waals surface area (Å²) in [7, 11) is 0. The third kappa shape index (κ3) is 4.00. The highest BCUT2D eigenvalue weighted by Crippen LogP contribution is 2.17. The molecule has 0 atom stereocenters. The van der Waals surface area contributed by atoms with Gasteiger partial charge in [-0.2, -0.15) is 0 Å². The number of likely N-dealkylation sites (N-methyl/N-ethyl adjacent to an activating group) is 1. The van der Waals surface area contributed by atoms with Crippen LogP contribution in [0.1, 0.15) is 29.8 Å². The van der Waals surface area contributed by atoms with Crippen molar-refractivity contribution in [2.24, 2.45) is 0 Å². The summed E-state index contributed by atoms with van der Waals surface area (Å²) >= 11 is 3.41. The average molecular weight is 296 g/mol. The van der Waals surface area contributed by atoms with E-state index in [1.807, 2.05) is 39.0 Å². The zero-order valence-corrected chi connectivity index (χ0v) is 12.2. The zero-order chi connectivity index (χ0) is 13.0. The van der Waals surface area contributed by atoms with Gasteiger partial charge >= 0.3 is 0 Å². The molecule has 3 heteroatoms. The molecular weight excluding hydrogens is 278 g/mol. The molecule has 0 heterocycles. The van der Waals surface area contributed by atoms with Gasteiger partial charge in [0.1, 0.15) is 0 Å². The second-order valence-corrected chi connectivity index (χ2v) is 5.21. The van der Waals surface area contributed by atoms with Gasteiger partial charge in [0.25, 0.3) is 5.91 Å². The SMILES string of the molecule is C=C(C)CN(CC)C(=O)c1cc(C)cc(Br)c1. The first-order valence-corrected chi connectivity index (χ1v) is 6.44. The van der Waals surface area contributed by atoms with Crippen LogP contribution in [0.25, 0.3) is 0 Å². The molecule has 0 N–H and O–H groups in total. The molecule has 0 unspecified atom stereocenters. The third-order valence-electron chi connectivity index (χ3n) is 2.42. The molecule has 2 nitrogen and oxygen atoms in total. The number of amides is 1. The number of hydrogen-bond donors (Lipinski definition) is 0. The van der Waals surface area contributed by atoms with Crippen molar-refractivity contribution in [3.8, 4) is 0 Å². The maximum absolute atomic E-state index is 12.3. The van der Waals surface area contributed by atoms with Crippen LogP contribution in [0.15, 0.2) is 34.8 Å². The summed E-state index contributed by atoms with van der Waals surface area (Å²) < 4.78 is 0.937. The fourth-order valence-corrected chi connectivity index (χ4v) is 2.30. The van der Waals surface area contributed by atoms with E-state index < -0.39 is 0 Å². The second-order valence-electron chi connectivity index (χ2n) is 4.29. The lowest BCUT2D eigenvalue weighted by molar-refractivity contribution is 0.0778. The number of halogens is 1. The van der Waals surface area contributed by atoms with Crippen molar-refractivity contribution >= 4 is 21.8 Å². The Morgan fingerprint density at radius 3 is 2.53 bits per heavy atom. The van der Waals surface area contributed by atoms with E-state index in [1.165, 1.54) is 0 Å². The Kier molecular flexibility index (Phi) is 4.94. The maximum Gasteiger partial charge on any atom is 0.254 e. The first-order valence-electron chi connectivity index (χ1n) is 5.65. The van der Waals surface area contributed by atoms with E-state index >= 15 is 0 Å². The number of benzene rings is 1. The van der Waals surface area contributed by atoms with Crippen molar-refractivity contribution in [3.05, 3.63) is 46.0 Å². The molecule has 0 aliphatic heterocycles. The number of hydrogen-bond acceptors (Lipinski definition) is 1. The van der Waals surface area contributed by atoms with Crippen LogP contribution in [0.3, 0.4) is 0 Å². The van der Waals surface area contributed by atoms with Crippen LogP contribution in [0.4, 0.5) is 0 Å². The zero-order valence-electron chi connectivity index (χ0n) is 10.6. The first kappa shape index (κ1) is 14.0. The van der Waals surface area contributed by atoms with Crippen LogP contribution >= 0.6 is 15.9 Å². The summed E-state index contributed by atoms with van der Waals surface area (Å²) in [4.78, 5) is 14.1. The summed E-state index contributed by atoms with van der Waals surface area (Å²) in [5.41, 5.74) is 2.79. The minimum absolute atomic E-state index is 0.0555. The minimum Gasteiger partial charge on any atom is -0.335 e. The van der Waals surface area contributed by atoms with Crippen LogP contribution in [0.2, 0.25) is 0 Å². The highest BCUT2D eigenvalue weighted by atomic mass is 79.9. The lowest BCUT2D eigenvalue weighted by Crippen LogP contribution is -2.32. The molecule has 0 radical (unpaired) electrons. The van der Waals surface area contributed by atoms with Crippen LogP contribution in [0, 0.1) is 6.92 Å². The van der Waals surface area contributed by atoms with E-state index in [2.05, 4.69) is 22.5 Å². The van der Waals surface area contributed by atoms with E-state index in [4.69, 9.17) is 0 Å². The van der Waals surface area contributed by atoms with Gasteiger partial charge < -0.3 is 4.90 Å². The monoisotopic (exact) mass is 295 g/mol. The number of rotatable bonds is 4. The summed E-state index contributed by atoms with van der Waals surface area (Å²) in [6.07, 6.45) is 0. The van der Waals surface area contributed by atoms with Gasteiger partial charge in [0.05, 0.1) is 0 Å². The van der Waals surface area contributed by atoms with Crippen LogP contribution in [-0.4, -0.2) is 23.9 Å². The second kappa shape index (κ2) is 6.01. The third-order valence-corrected chi connectivity index (χ3v) is 2.88. The minimum atomic E-state index is 0.0555. The smallest absolute Gasteiger partial charge is 0.254 e. The molecule has 0 aliphatic carbocycles. The maximum atomic E-state index is 12.3. The van der Waals surface area contributed by atoms with Gasteiger partial charge in [0, 0.05) is 23.1 Å². The molecule has 0 aliphatic rings. The standard InChI is InChI=1S/C14H18BrNO/c1-5-16(9-10(2)3)14(17)12-6-11(4)7-13(15)8-12/h6-8H,2,5,9H2,1,3-4H3. The molecule has 1 aromatic carbocycles. The molecular formula is C14H18BrNO. The number of aryl methyl sites for hydroxylation is 1. The van der Waals surface area contributed by atoms with E-state index in [-0.39, 0.29) is 5.91 Å². The predicted octanol–water partition coefficient (Wildman–Crippen LogP) is 3.80. The molecule has 92 valence electrons. The Morgan fingerprint density at radius 2 is 2.06 bits per heavy atom. The predicted molar refractivity (Wildman–Crippen MR) is 75.3 cm³/mol. The Bertz CT molecular complexity index is 420. The summed E-state index contributed by atoms with van der Waals surface area (Å²) in [5, 5.41) is 0. The van der Waals surface area contributed by atoms with E-state index in [1.54, 1.807) is 4.90 Å². The molecule has 0 saturated carbocycles. The highest BCUT2D eigenvalue weighted by molar-refractivity contribution is 9.10. The van der Waals surface area contributed by atoms with Crippen molar-refractivity contribution in [1.82, 2.24) is 4.90 Å². The van der Waals surface area contributed by atoms with Gasteiger partial charge in [-0.3, -0.25) is 4.79 Å². The van der Waals surface area contributed by atoms with Crippen molar-refractivity contribution in [2.75, 3.05) is 13.1 Å². The highest BCUT2D eigenvalue weighted by Gasteiger charge is 2.14. The molecule has 0 spiro atoms. The van der Waals surface area contributed by atoms with Crippen molar-refractivity contribution in [3.63, 3.8) is 0 Å². The van der Waals surface area contributed by atoms with Gasteiger partial charge in [-0.1, -0.05) is 28.1 Å². The quantitative estimate of drug-likeness (QED) is 0.774. The van der Waals surface area contributed by atoms with Gasteiger partial charge in [-0.25, -0.2) is 0 Å². The fraction of sp³-hybridized carbons (Fsp3) is 0.357. The average Bonchev–Trinajstić information content (AvgIpc) is 2.23. The van der Waals surface area contributed by atoms with Gasteiger partial charge in [0.15, 0.2) is 0 Å². The lowest BCUT2D eigenvalue weighted by atomic mass is 10.1. The van der Waals surface area contributed by atoms with Crippen molar-refractivity contribution in [2.45, 2.75) is 20.8 Å². The van der Waals surface area contributed by atoms with Gasteiger partial charge in [0.2, 0.25) is 0 Å². The normalized spacial score (nSPS) is 10.1. The molecule has 0 fully saturated rings. The molecule has 1 rings (SSSR count). The Balaban J connectivity index is 2.97. The van der Waals surface area contributed by atoms with Crippen molar-refractivity contribution in [1.29, 1.82) is 0 Å². The summed E-state index contributed by atoms with van der Waals surface area (Å²) in [5.74, 6) is 0.0555. The van der Waals surface area contributed by atoms with E-state index in [0.29, 0.717) is 13.1 Å². The molecule has 0 aromatic heterocycles. The lowest BCUT2D eigenvalue weighted by Gasteiger charge is -2.21. The van der Waals surface area contributed by atoms with E-state index in [9.17, 15) is 4.79 Å². The van der Waals surface area contributed by atoms with Crippen molar-refractivity contribution < 1.29 is 4.79 Å². The van der Waals surface area contributed by atoms with Crippen LogP contribution in [-0.2, 0) is 0 Å². The van der Waals surface area contributed by atoms with Crippen LogP contribution in [0.5, 0.6) is 0 Å². The topological polar surface area (TPSA) is 20.3 Å². The van der Waals surface area contributed by atoms with Gasteiger partial charge in [-0.05, 0) is 44.5 Å². The van der Waals surface area contributed by atoms with E-state index in [0.717, 1.165) is 21.2 Å². The first-order chi connectivity index (χ1) is 7.93. The number of nitrogens with zero attached hydrogens (tertiary/aromatic N) is 1. The Hall–Kier alpha value is -1.09. The largest absolute Gasteiger partial charge is 0.335 e. The van der Waals surface area contributed by atoms with Gasteiger partial charge in [-0.15, -0.1) is 0 Å². The van der Waals surface area contributed by atoms with Crippen LogP contribution < -0.4 is 0 Å². The molecule has 1 amide bonds. The number of carbonyl (C=O) groups is 1.